The number of rotatable bonds is 2. The van der Waals surface area contributed by atoms with Crippen LogP contribution in [0.25, 0.3) is 0 Å². The first-order valence-corrected chi connectivity index (χ1v) is 7.12. The Morgan fingerprint density at radius 2 is 1.89 bits per heavy atom. The number of halogens is 2. The van der Waals surface area contributed by atoms with Gasteiger partial charge in [0.15, 0.2) is 0 Å². The average Bonchev–Trinajstić information content (AvgIpc) is 2.35. The van der Waals surface area contributed by atoms with Crippen LogP contribution in [0.2, 0.25) is 0 Å². The van der Waals surface area contributed by atoms with Gasteiger partial charge in [-0.05, 0) is 64.8 Å². The van der Waals surface area contributed by atoms with E-state index in [0.29, 0.717) is 11.3 Å². The molecule has 1 amide bonds. The number of carbonyl (C=O) groups is 1. The van der Waals surface area contributed by atoms with Gasteiger partial charge in [0.25, 0.3) is 5.91 Å². The fourth-order valence-electron chi connectivity index (χ4n) is 1.65. The van der Waals surface area contributed by atoms with E-state index in [-0.39, 0.29) is 11.7 Å². The predicted molar refractivity (Wildman–Crippen MR) is 82.6 cm³/mol. The van der Waals surface area contributed by atoms with Crippen LogP contribution in [-0.4, -0.2) is 11.0 Å². The third-order valence-electron chi connectivity index (χ3n) is 2.63. The van der Waals surface area contributed by atoms with Crippen LogP contribution in [0.1, 0.15) is 15.9 Å². The highest BCUT2D eigenvalue weighted by atomic mass is 79.9. The third kappa shape index (κ3) is 3.36. The minimum atomic E-state index is -0.207. The highest BCUT2D eigenvalue weighted by Gasteiger charge is 2.12. The molecule has 0 aliphatic rings. The van der Waals surface area contributed by atoms with Gasteiger partial charge in [-0.25, -0.2) is 0 Å². The zero-order chi connectivity index (χ0) is 14.0. The lowest BCUT2D eigenvalue weighted by atomic mass is 10.1. The first-order chi connectivity index (χ1) is 8.97. The molecular formula is C14H11Br2NO2. The van der Waals surface area contributed by atoms with Crippen molar-refractivity contribution in [2.45, 2.75) is 6.92 Å². The van der Waals surface area contributed by atoms with E-state index in [9.17, 15) is 9.90 Å². The monoisotopic (exact) mass is 383 g/mol. The molecule has 5 heteroatoms. The van der Waals surface area contributed by atoms with Crippen LogP contribution in [-0.2, 0) is 0 Å². The van der Waals surface area contributed by atoms with Gasteiger partial charge in [0.05, 0.1) is 5.56 Å². The van der Waals surface area contributed by atoms with Crippen LogP contribution in [0.15, 0.2) is 45.3 Å². The lowest BCUT2D eigenvalue weighted by molar-refractivity contribution is 0.102. The van der Waals surface area contributed by atoms with E-state index in [4.69, 9.17) is 0 Å². The van der Waals surface area contributed by atoms with Crippen LogP contribution >= 0.6 is 31.9 Å². The van der Waals surface area contributed by atoms with Gasteiger partial charge in [-0.1, -0.05) is 15.9 Å². The summed E-state index contributed by atoms with van der Waals surface area (Å²) in [7, 11) is 0. The number of nitrogens with one attached hydrogen (secondary N) is 1. The van der Waals surface area contributed by atoms with E-state index in [2.05, 4.69) is 37.2 Å². The number of phenols is 1. The number of carbonyl (C=O) groups excluding carboxylic acids is 1. The molecule has 98 valence electrons. The number of aryl methyl sites for hydroxylation is 1. The Bertz CT molecular complexity index is 641. The van der Waals surface area contributed by atoms with Gasteiger partial charge in [0.1, 0.15) is 5.75 Å². The number of aromatic hydroxyl groups is 1. The largest absolute Gasteiger partial charge is 0.508 e. The molecule has 19 heavy (non-hydrogen) atoms. The Hall–Kier alpha value is -1.33. The van der Waals surface area contributed by atoms with Crippen molar-refractivity contribution in [2.75, 3.05) is 5.32 Å². The zero-order valence-electron chi connectivity index (χ0n) is 10.1. The molecule has 2 rings (SSSR count). The molecule has 2 N–H and O–H groups in total. The van der Waals surface area contributed by atoms with Crippen LogP contribution in [0.4, 0.5) is 5.69 Å². The van der Waals surface area contributed by atoms with Gasteiger partial charge in [0, 0.05) is 14.6 Å². The number of benzene rings is 2. The molecule has 0 aliphatic heterocycles. The van der Waals surface area contributed by atoms with E-state index >= 15 is 0 Å². The molecule has 0 heterocycles. The summed E-state index contributed by atoms with van der Waals surface area (Å²) in [6.07, 6.45) is 0. The Morgan fingerprint density at radius 1 is 1.16 bits per heavy atom. The summed E-state index contributed by atoms with van der Waals surface area (Å²) in [5.74, 6) is -0.0268. The van der Waals surface area contributed by atoms with Gasteiger partial charge < -0.3 is 10.4 Å². The Morgan fingerprint density at radius 3 is 2.58 bits per heavy atom. The van der Waals surface area contributed by atoms with Crippen molar-refractivity contribution < 1.29 is 9.90 Å². The first-order valence-electron chi connectivity index (χ1n) is 5.53. The van der Waals surface area contributed by atoms with E-state index in [1.165, 1.54) is 0 Å². The molecular weight excluding hydrogens is 374 g/mol. The summed E-state index contributed by atoms with van der Waals surface area (Å²) in [5, 5.41) is 12.2. The van der Waals surface area contributed by atoms with E-state index in [1.807, 2.05) is 19.1 Å². The quantitative estimate of drug-likeness (QED) is 0.750. The molecule has 0 radical (unpaired) electrons. The molecule has 0 saturated heterocycles. The molecule has 2 aromatic rings. The maximum atomic E-state index is 12.2. The Labute approximate surface area is 127 Å². The minimum Gasteiger partial charge on any atom is -0.508 e. The number of anilines is 1. The molecule has 0 aliphatic carbocycles. The highest BCUT2D eigenvalue weighted by Crippen LogP contribution is 2.24. The Kier molecular flexibility index (Phi) is 4.27. The molecule has 0 bridgehead atoms. The van der Waals surface area contributed by atoms with Crippen molar-refractivity contribution in [1.82, 2.24) is 0 Å². The fourth-order valence-corrected chi connectivity index (χ4v) is 2.44. The normalized spacial score (nSPS) is 10.3. The smallest absolute Gasteiger partial charge is 0.256 e. The van der Waals surface area contributed by atoms with Crippen LogP contribution in [0.5, 0.6) is 5.75 Å². The third-order valence-corrected chi connectivity index (χ3v) is 3.82. The number of phenolic OH excluding ortho intramolecular Hbond substituents is 1. The van der Waals surface area contributed by atoms with Crippen molar-refractivity contribution >= 4 is 43.5 Å². The summed E-state index contributed by atoms with van der Waals surface area (Å²) in [6.45, 7) is 1.82. The second-order valence-corrected chi connectivity index (χ2v) is 5.85. The molecule has 0 unspecified atom stereocenters. The van der Waals surface area contributed by atoms with Crippen molar-refractivity contribution in [1.29, 1.82) is 0 Å². The molecule has 0 saturated carbocycles. The van der Waals surface area contributed by atoms with E-state index < -0.39 is 0 Å². The SMILES string of the molecule is Cc1cc(O)ccc1NC(=O)c1cc(Br)ccc1Br. The van der Waals surface area contributed by atoms with Crippen LogP contribution in [0.3, 0.4) is 0 Å². The predicted octanol–water partition coefficient (Wildman–Crippen LogP) is 4.48. The van der Waals surface area contributed by atoms with Crippen molar-refractivity contribution in [3.05, 3.63) is 56.5 Å². The van der Waals surface area contributed by atoms with Crippen molar-refractivity contribution in [3.8, 4) is 5.75 Å². The van der Waals surface area contributed by atoms with Crippen molar-refractivity contribution in [2.24, 2.45) is 0 Å². The van der Waals surface area contributed by atoms with E-state index in [1.54, 1.807) is 24.3 Å². The summed E-state index contributed by atoms with van der Waals surface area (Å²) in [4.78, 5) is 12.2. The molecule has 0 spiro atoms. The van der Waals surface area contributed by atoms with Gasteiger partial charge >= 0.3 is 0 Å². The van der Waals surface area contributed by atoms with Gasteiger partial charge in [-0.3, -0.25) is 4.79 Å². The maximum absolute atomic E-state index is 12.2. The second kappa shape index (κ2) is 5.75. The number of amides is 1. The minimum absolute atomic E-state index is 0.180. The van der Waals surface area contributed by atoms with E-state index in [0.717, 1.165) is 14.5 Å². The summed E-state index contributed by atoms with van der Waals surface area (Å²) in [6, 6.07) is 10.2. The number of hydrogen-bond acceptors (Lipinski definition) is 2. The van der Waals surface area contributed by atoms with Crippen molar-refractivity contribution in [3.63, 3.8) is 0 Å². The maximum Gasteiger partial charge on any atom is 0.256 e. The lowest BCUT2D eigenvalue weighted by Crippen LogP contribution is -2.13. The van der Waals surface area contributed by atoms with Crippen LogP contribution < -0.4 is 5.32 Å². The van der Waals surface area contributed by atoms with Gasteiger partial charge in [-0.15, -0.1) is 0 Å². The number of hydrogen-bond donors (Lipinski definition) is 2. The Balaban J connectivity index is 2.28. The molecule has 0 atom stereocenters. The summed E-state index contributed by atoms with van der Waals surface area (Å²) in [5.41, 5.74) is 2.02. The molecule has 0 aromatic heterocycles. The summed E-state index contributed by atoms with van der Waals surface area (Å²) < 4.78 is 1.56. The molecule has 0 fully saturated rings. The average molecular weight is 385 g/mol. The van der Waals surface area contributed by atoms with Gasteiger partial charge in [0.2, 0.25) is 0 Å². The first kappa shape index (κ1) is 14.1. The van der Waals surface area contributed by atoms with Gasteiger partial charge in [-0.2, -0.15) is 0 Å². The highest BCUT2D eigenvalue weighted by molar-refractivity contribution is 9.11. The standard InChI is InChI=1S/C14H11Br2NO2/c1-8-6-10(18)3-5-13(8)17-14(19)11-7-9(15)2-4-12(11)16/h2-7,18H,1H3,(H,17,19). The molecule has 2 aromatic carbocycles. The lowest BCUT2D eigenvalue weighted by Gasteiger charge is -2.10. The van der Waals surface area contributed by atoms with Crippen LogP contribution in [0, 0.1) is 6.92 Å². The zero-order valence-corrected chi connectivity index (χ0v) is 13.2. The summed E-state index contributed by atoms with van der Waals surface area (Å²) >= 11 is 6.69. The second-order valence-electron chi connectivity index (χ2n) is 4.08. The molecule has 3 nitrogen and oxygen atoms in total. The topological polar surface area (TPSA) is 49.3 Å². The fraction of sp³-hybridized carbons (Fsp3) is 0.0714.